The fraction of sp³-hybridized carbons (Fsp3) is 0.889. The van der Waals surface area contributed by atoms with Crippen LogP contribution < -0.4 is 10.6 Å². The van der Waals surface area contributed by atoms with Crippen molar-refractivity contribution in [3.8, 4) is 0 Å². The fourth-order valence-electron chi connectivity index (χ4n) is 2.71. The summed E-state index contributed by atoms with van der Waals surface area (Å²) in [6, 6.07) is 1.10. The van der Waals surface area contributed by atoms with Crippen molar-refractivity contribution in [3.63, 3.8) is 0 Å². The molecule has 0 aromatic carbocycles. The molecule has 6 nitrogen and oxygen atoms in total. The monoisotopic (exact) mass is 341 g/mol. The number of likely N-dealkylation sites (N-methyl/N-ethyl adjacent to an activating group) is 1. The Morgan fingerprint density at radius 1 is 1.12 bits per heavy atom. The Kier molecular flexibility index (Phi) is 9.97. The minimum Gasteiger partial charge on any atom is -0.356 e. The molecular weight excluding hydrogens is 302 g/mol. The van der Waals surface area contributed by atoms with Gasteiger partial charge in [0.05, 0.1) is 6.54 Å². The van der Waals surface area contributed by atoms with E-state index in [0.29, 0.717) is 18.6 Å². The van der Waals surface area contributed by atoms with Crippen LogP contribution in [0, 0.1) is 0 Å². The summed E-state index contributed by atoms with van der Waals surface area (Å²) in [6.07, 6.45) is 1.04. The summed E-state index contributed by atoms with van der Waals surface area (Å²) in [5.41, 5.74) is -0.216. The van der Waals surface area contributed by atoms with Crippen molar-refractivity contribution < 1.29 is 4.79 Å². The maximum absolute atomic E-state index is 12.0. The lowest BCUT2D eigenvalue weighted by molar-refractivity contribution is -0.122. The molecule has 2 N–H and O–H groups in total. The first-order valence-corrected chi connectivity index (χ1v) is 8.96. The lowest BCUT2D eigenvalue weighted by Gasteiger charge is -2.30. The first-order valence-electron chi connectivity index (χ1n) is 8.96. The van der Waals surface area contributed by atoms with E-state index in [1.54, 1.807) is 7.05 Å². The normalized spacial score (nSPS) is 12.9. The van der Waals surface area contributed by atoms with Gasteiger partial charge in [0.1, 0.15) is 0 Å². The van der Waals surface area contributed by atoms with Crippen molar-refractivity contribution in [3.05, 3.63) is 0 Å². The third kappa shape index (κ3) is 9.75. The Morgan fingerprint density at radius 2 is 1.67 bits per heavy atom. The molecule has 0 spiro atoms. The van der Waals surface area contributed by atoms with Gasteiger partial charge in [-0.3, -0.25) is 14.7 Å². The molecule has 0 aliphatic heterocycles. The van der Waals surface area contributed by atoms with Crippen molar-refractivity contribution in [1.29, 1.82) is 0 Å². The molecule has 6 heteroatoms. The molecule has 0 heterocycles. The summed E-state index contributed by atoms with van der Waals surface area (Å²) in [7, 11) is 3.63. The minimum absolute atomic E-state index is 0.00117. The van der Waals surface area contributed by atoms with E-state index in [9.17, 15) is 4.79 Å². The zero-order valence-electron chi connectivity index (χ0n) is 17.2. The Balaban J connectivity index is 4.30. The number of amides is 1. The second-order valence-electron chi connectivity index (χ2n) is 7.91. The molecule has 142 valence electrons. The van der Waals surface area contributed by atoms with Crippen LogP contribution in [0.25, 0.3) is 0 Å². The van der Waals surface area contributed by atoms with Crippen LogP contribution in [0.4, 0.5) is 0 Å². The average Bonchev–Trinajstić information content (AvgIpc) is 2.39. The molecule has 0 fully saturated rings. The minimum atomic E-state index is -0.216. The molecule has 0 radical (unpaired) electrons. The van der Waals surface area contributed by atoms with Crippen molar-refractivity contribution in [2.24, 2.45) is 4.99 Å². The standard InChI is InChI=1S/C18H39N5O/c1-14(2)23(15(3)4)12-10-11-20-17(19-8)22(9)13-16(24)21-18(5,6)7/h14-15H,10-13H2,1-9H3,(H,19,20)(H,21,24). The number of rotatable bonds is 8. The highest BCUT2D eigenvalue weighted by atomic mass is 16.2. The van der Waals surface area contributed by atoms with Gasteiger partial charge in [0.2, 0.25) is 5.91 Å². The van der Waals surface area contributed by atoms with E-state index in [4.69, 9.17) is 0 Å². The summed E-state index contributed by atoms with van der Waals surface area (Å²) < 4.78 is 0. The van der Waals surface area contributed by atoms with Gasteiger partial charge in [-0.1, -0.05) is 0 Å². The number of hydrogen-bond donors (Lipinski definition) is 2. The van der Waals surface area contributed by atoms with E-state index < -0.39 is 0 Å². The second-order valence-corrected chi connectivity index (χ2v) is 7.91. The van der Waals surface area contributed by atoms with Crippen LogP contribution in [0.2, 0.25) is 0 Å². The van der Waals surface area contributed by atoms with Crippen molar-refractivity contribution in [2.45, 2.75) is 72.5 Å². The molecule has 0 saturated carbocycles. The van der Waals surface area contributed by atoms with E-state index in [-0.39, 0.29) is 11.4 Å². The molecule has 0 aromatic heterocycles. The highest BCUT2D eigenvalue weighted by molar-refractivity contribution is 5.86. The largest absolute Gasteiger partial charge is 0.356 e. The number of aliphatic imine (C=N–C) groups is 1. The zero-order valence-corrected chi connectivity index (χ0v) is 17.2. The van der Waals surface area contributed by atoms with Crippen molar-refractivity contribution in [2.75, 3.05) is 33.7 Å². The highest BCUT2D eigenvalue weighted by Gasteiger charge is 2.17. The van der Waals surface area contributed by atoms with Crippen molar-refractivity contribution in [1.82, 2.24) is 20.4 Å². The second kappa shape index (κ2) is 10.5. The average molecular weight is 342 g/mol. The van der Waals surface area contributed by atoms with Crippen molar-refractivity contribution >= 4 is 11.9 Å². The topological polar surface area (TPSA) is 60.0 Å². The van der Waals surface area contributed by atoms with E-state index in [1.807, 2.05) is 32.7 Å². The maximum atomic E-state index is 12.0. The zero-order chi connectivity index (χ0) is 18.9. The molecule has 0 rings (SSSR count). The first kappa shape index (κ1) is 22.7. The first-order chi connectivity index (χ1) is 11.0. The molecule has 1 amide bonds. The van der Waals surface area contributed by atoms with Crippen LogP contribution in [-0.2, 0) is 4.79 Å². The Morgan fingerprint density at radius 3 is 2.08 bits per heavy atom. The van der Waals surface area contributed by atoms with Crippen LogP contribution in [0.15, 0.2) is 4.99 Å². The van der Waals surface area contributed by atoms with Crippen LogP contribution in [0.1, 0.15) is 54.9 Å². The van der Waals surface area contributed by atoms with Gasteiger partial charge >= 0.3 is 0 Å². The quantitative estimate of drug-likeness (QED) is 0.402. The van der Waals surface area contributed by atoms with Gasteiger partial charge in [0, 0.05) is 44.8 Å². The molecule has 0 bridgehead atoms. The van der Waals surface area contributed by atoms with Gasteiger partial charge in [0.25, 0.3) is 0 Å². The summed E-state index contributed by atoms with van der Waals surface area (Å²) >= 11 is 0. The maximum Gasteiger partial charge on any atom is 0.240 e. The van der Waals surface area contributed by atoms with Gasteiger partial charge in [-0.2, -0.15) is 0 Å². The van der Waals surface area contributed by atoms with E-state index in [1.165, 1.54) is 0 Å². The van der Waals surface area contributed by atoms with Gasteiger partial charge < -0.3 is 15.5 Å². The summed E-state index contributed by atoms with van der Waals surface area (Å²) in [5, 5.41) is 6.31. The predicted octanol–water partition coefficient (Wildman–Crippen LogP) is 1.92. The Bertz CT molecular complexity index is 391. The number of nitrogens with zero attached hydrogens (tertiary/aromatic N) is 3. The third-order valence-electron chi connectivity index (χ3n) is 3.67. The van der Waals surface area contributed by atoms with Gasteiger partial charge in [-0.05, 0) is 54.9 Å². The SMILES string of the molecule is CN=C(NCCCN(C(C)C)C(C)C)N(C)CC(=O)NC(C)(C)C. The Labute approximate surface area is 149 Å². The number of carbonyl (C=O) groups is 1. The van der Waals surface area contributed by atoms with Crippen LogP contribution in [-0.4, -0.2) is 73.0 Å². The van der Waals surface area contributed by atoms with Crippen LogP contribution >= 0.6 is 0 Å². The Hall–Kier alpha value is -1.30. The number of guanidine groups is 1. The van der Waals surface area contributed by atoms with Crippen LogP contribution in [0.5, 0.6) is 0 Å². The summed E-state index contributed by atoms with van der Waals surface area (Å²) in [5.74, 6) is 0.749. The molecular formula is C18H39N5O. The molecule has 0 aliphatic carbocycles. The highest BCUT2D eigenvalue weighted by Crippen LogP contribution is 2.05. The smallest absolute Gasteiger partial charge is 0.240 e. The molecule has 0 aliphatic rings. The van der Waals surface area contributed by atoms with Gasteiger partial charge in [0.15, 0.2) is 5.96 Å². The van der Waals surface area contributed by atoms with Gasteiger partial charge in [-0.15, -0.1) is 0 Å². The molecule has 0 atom stereocenters. The molecule has 0 aromatic rings. The molecule has 24 heavy (non-hydrogen) atoms. The predicted molar refractivity (Wildman–Crippen MR) is 103 cm³/mol. The number of hydrogen-bond acceptors (Lipinski definition) is 3. The molecule has 0 saturated heterocycles. The summed E-state index contributed by atoms with van der Waals surface area (Å²) in [6.45, 7) is 17.0. The van der Waals surface area contributed by atoms with E-state index in [0.717, 1.165) is 25.5 Å². The number of carbonyl (C=O) groups excluding carboxylic acids is 1. The fourth-order valence-corrected chi connectivity index (χ4v) is 2.71. The van der Waals surface area contributed by atoms with Gasteiger partial charge in [-0.25, -0.2) is 0 Å². The lowest BCUT2D eigenvalue weighted by atomic mass is 10.1. The van der Waals surface area contributed by atoms with E-state index >= 15 is 0 Å². The van der Waals surface area contributed by atoms with E-state index in [2.05, 4.69) is 48.2 Å². The van der Waals surface area contributed by atoms with Crippen LogP contribution in [0.3, 0.4) is 0 Å². The lowest BCUT2D eigenvalue weighted by Crippen LogP contribution is -2.49. The summed E-state index contributed by atoms with van der Waals surface area (Å²) in [4.78, 5) is 20.6. The third-order valence-corrected chi connectivity index (χ3v) is 3.67. The number of nitrogens with one attached hydrogen (secondary N) is 2. The molecule has 0 unspecified atom stereocenters.